The van der Waals surface area contributed by atoms with E-state index in [0.29, 0.717) is 5.41 Å². The molecule has 24 unspecified atom stereocenters. The Balaban J connectivity index is 0.000000135. The van der Waals surface area contributed by atoms with Crippen LogP contribution >= 0.6 is 35.3 Å². The van der Waals surface area contributed by atoms with Crippen molar-refractivity contribution < 1.29 is 0 Å². The third kappa shape index (κ3) is 13.4. The summed E-state index contributed by atoms with van der Waals surface area (Å²) in [6.07, 6.45) is 32.0. The fraction of sp³-hybridized carbons (Fsp3) is 1.00. The Bertz CT molecular complexity index is 2070. The molecule has 0 radical (unpaired) electrons. The van der Waals surface area contributed by atoms with Gasteiger partial charge >= 0.3 is 0 Å². The van der Waals surface area contributed by atoms with Crippen LogP contribution in [0.5, 0.6) is 0 Å². The lowest BCUT2D eigenvalue weighted by molar-refractivity contribution is 0.0820. The molecule has 0 amide bonds. The van der Waals surface area contributed by atoms with Crippen molar-refractivity contribution in [3.8, 4) is 0 Å². The molecule has 462 valence electrons. The molecule has 3 saturated heterocycles. The summed E-state index contributed by atoms with van der Waals surface area (Å²) in [5.41, 5.74) is 4.21. The maximum atomic E-state index is 4.24. The van der Waals surface area contributed by atoms with Gasteiger partial charge in [-0.05, 0) is 269 Å². The van der Waals surface area contributed by atoms with Gasteiger partial charge in [0.15, 0.2) is 0 Å². The molecule has 0 spiro atoms. The molecule has 12 fully saturated rings. The number of fused-ring (bicyclic) bond motifs is 15. The predicted octanol–water partition coefficient (Wildman–Crippen LogP) is 20.6. The van der Waals surface area contributed by atoms with Crippen molar-refractivity contribution in [2.24, 2.45) is 100 Å². The van der Waals surface area contributed by atoms with Gasteiger partial charge < -0.3 is 14.9 Å². The number of thioether (sulfide) groups is 3. The van der Waals surface area contributed by atoms with E-state index in [-0.39, 0.29) is 16.6 Å². The zero-order chi connectivity index (χ0) is 58.0. The van der Waals surface area contributed by atoms with E-state index in [2.05, 4.69) is 193 Å². The molecule has 12 aliphatic rings. The first-order valence-corrected chi connectivity index (χ1v) is 47.5. The van der Waals surface area contributed by atoms with Crippen molar-refractivity contribution in [2.45, 2.75) is 343 Å². The smallest absolute Gasteiger partial charge is 0.124 e. The van der Waals surface area contributed by atoms with Gasteiger partial charge in [0.1, 0.15) is 24.7 Å². The van der Waals surface area contributed by atoms with Crippen LogP contribution in [0.1, 0.15) is 239 Å². The minimum Gasteiger partial charge on any atom is -0.332 e. The Morgan fingerprint density at radius 2 is 0.688 bits per heavy atom. The molecule has 80 heavy (non-hydrogen) atoms. The molecule has 24 atom stereocenters. The second kappa shape index (κ2) is 24.1. The normalized spacial score (nSPS) is 45.4. The summed E-state index contributed by atoms with van der Waals surface area (Å²) in [5.74, 6) is 16.4. The van der Waals surface area contributed by atoms with Crippen LogP contribution in [0.2, 0.25) is 55.9 Å². The minimum atomic E-state index is -1.52. The highest BCUT2D eigenvalue weighted by Gasteiger charge is 2.67. The lowest BCUT2D eigenvalue weighted by atomic mass is 9.63. The lowest BCUT2D eigenvalue weighted by Gasteiger charge is -2.47. The van der Waals surface area contributed by atoms with E-state index in [4.69, 9.17) is 0 Å². The largest absolute Gasteiger partial charge is 0.332 e. The molecule has 3 aliphatic heterocycles. The monoisotopic (exact) mass is 1210 g/mol. The molecule has 3 heterocycles. The van der Waals surface area contributed by atoms with Crippen molar-refractivity contribution in [3.05, 3.63) is 0 Å². The summed E-state index contributed by atoms with van der Waals surface area (Å²) >= 11 is 7.48. The number of hydrogen-bond acceptors (Lipinski definition) is 6. The molecule has 3 nitrogen and oxygen atoms in total. The van der Waals surface area contributed by atoms with Crippen molar-refractivity contribution >= 4 is 60.0 Å². The van der Waals surface area contributed by atoms with E-state index in [9.17, 15) is 0 Å². The van der Waals surface area contributed by atoms with Gasteiger partial charge in [0.2, 0.25) is 0 Å². The molecule has 3 N–H and O–H groups in total. The Kier molecular flexibility index (Phi) is 19.4. The summed E-state index contributed by atoms with van der Waals surface area (Å²) in [4.78, 5) is 12.7. The molecule has 0 aromatic carbocycles. The summed E-state index contributed by atoms with van der Waals surface area (Å²) in [6.45, 7) is 52.6. The molecular formula is C71H133N3S3Si3. The van der Waals surface area contributed by atoms with E-state index < -0.39 is 24.7 Å². The van der Waals surface area contributed by atoms with E-state index in [1.165, 1.54) is 96.3 Å². The first kappa shape index (κ1) is 64.6. The van der Waals surface area contributed by atoms with E-state index >= 15 is 0 Å². The Morgan fingerprint density at radius 3 is 1.04 bits per heavy atom. The fourth-order valence-corrected chi connectivity index (χ4v) is 48.3. The van der Waals surface area contributed by atoms with Crippen LogP contribution in [0.25, 0.3) is 0 Å². The van der Waals surface area contributed by atoms with Gasteiger partial charge in [0, 0.05) is 48.1 Å². The third-order valence-corrected chi connectivity index (χ3v) is 43.6. The maximum Gasteiger partial charge on any atom is 0.124 e. The summed E-state index contributed by atoms with van der Waals surface area (Å²) in [6, 6.07) is 0. The van der Waals surface area contributed by atoms with Crippen LogP contribution in [0.3, 0.4) is 0 Å². The van der Waals surface area contributed by atoms with Crippen molar-refractivity contribution in [3.63, 3.8) is 0 Å². The van der Waals surface area contributed by atoms with Crippen molar-refractivity contribution in [1.29, 1.82) is 0 Å². The summed E-state index contributed by atoms with van der Waals surface area (Å²) < 4.78 is 0. The van der Waals surface area contributed by atoms with Crippen LogP contribution in [0.15, 0.2) is 0 Å². The first-order valence-electron chi connectivity index (χ1n) is 35.5. The quantitative estimate of drug-likeness (QED) is 0.221. The van der Waals surface area contributed by atoms with Crippen LogP contribution < -0.4 is 14.9 Å². The van der Waals surface area contributed by atoms with Gasteiger partial charge in [0.05, 0.1) is 0 Å². The summed E-state index contributed by atoms with van der Waals surface area (Å²) in [7, 11) is -4.49. The molecule has 0 aromatic heterocycles. The summed E-state index contributed by atoms with van der Waals surface area (Å²) in [5, 5.41) is 5.98. The highest BCUT2D eigenvalue weighted by atomic mass is 32.2. The number of hydrogen-bond donors (Lipinski definition) is 3. The first-order chi connectivity index (χ1) is 37.1. The highest BCUT2D eigenvalue weighted by Crippen LogP contribution is 2.72. The van der Waals surface area contributed by atoms with E-state index in [1.807, 2.05) is 0 Å². The second-order valence-corrected chi connectivity index (χ2v) is 54.8. The van der Waals surface area contributed by atoms with Gasteiger partial charge in [-0.25, -0.2) is 0 Å². The van der Waals surface area contributed by atoms with Gasteiger partial charge in [-0.15, -0.1) is 0 Å². The van der Waals surface area contributed by atoms with E-state index in [1.54, 1.807) is 38.5 Å². The van der Waals surface area contributed by atoms with Crippen LogP contribution in [0.4, 0.5) is 0 Å². The van der Waals surface area contributed by atoms with Crippen LogP contribution in [-0.4, -0.2) is 72.8 Å². The zero-order valence-electron chi connectivity index (χ0n) is 56.5. The predicted molar refractivity (Wildman–Crippen MR) is 367 cm³/mol. The molecule has 0 bridgehead atoms. The van der Waals surface area contributed by atoms with Crippen LogP contribution in [0, 0.1) is 100 Å². The topological polar surface area (TPSA) is 36.1 Å². The van der Waals surface area contributed by atoms with Crippen molar-refractivity contribution in [1.82, 2.24) is 14.9 Å². The van der Waals surface area contributed by atoms with Gasteiger partial charge in [-0.2, -0.15) is 35.3 Å². The molecule has 9 heteroatoms. The Morgan fingerprint density at radius 1 is 0.362 bits per heavy atom. The average Bonchev–Trinajstić information content (AvgIpc) is 4.20. The SMILES string of the molecule is CC(C)(C)N[Si](C)(C)C1C2CC(C(C)(C)C)CCC2C2C3CCCCC3SC21.CC(C)C1CCC2C(C1)C([Si](C)(C)NC(C)(C)C)C1SC3CCCCC3C21.CC1CCC2C(C1)C([Si](C)(C)NC(C)(C)C)C1SC3CCCCC3C21. The average molecular weight is 1210 g/mol. The van der Waals surface area contributed by atoms with Gasteiger partial charge in [-0.3, -0.25) is 0 Å². The number of nitrogens with one attached hydrogen (secondary N) is 3. The third-order valence-electron chi connectivity index (χ3n) is 25.7. The van der Waals surface area contributed by atoms with Crippen LogP contribution in [-0.2, 0) is 0 Å². The molecule has 9 saturated carbocycles. The van der Waals surface area contributed by atoms with E-state index in [0.717, 1.165) is 143 Å². The van der Waals surface area contributed by atoms with Gasteiger partial charge in [-0.1, -0.05) is 126 Å². The van der Waals surface area contributed by atoms with Gasteiger partial charge in [0.25, 0.3) is 0 Å². The standard InChI is InChI=1S/C25H47NSSi.C24H45NSSi.C22H41NSSi/c1-24(2,3)16-13-14-17-19(15-16)23(28(7,8)26-25(4,5)6)22-21(17)18-11-9-10-12-20(18)27-22;1-15(2)16-12-13-17-19(14-16)23(27(6,7)25-24(3,4)5)22-21(17)18-10-8-9-11-20(18)26-22;1-14-11-12-15-17(13-14)21(25(5,6)23-22(2,3)4)20-19(15)16-9-7-8-10-18(16)24-20/h16-23,26H,9-15H2,1-8H3;15-23,25H,8-14H2,1-7H3;14-21,23H,7-13H2,1-6H3. The second-order valence-electron chi connectivity index (χ2n) is 37.5. The number of rotatable bonds is 7. The maximum absolute atomic E-state index is 4.24. The molecular weight excluding hydrogens is 1080 g/mol. The van der Waals surface area contributed by atoms with Crippen molar-refractivity contribution in [2.75, 3.05) is 0 Å². The minimum absolute atomic E-state index is 0.247. The Labute approximate surface area is 514 Å². The molecule has 12 rings (SSSR count). The fourth-order valence-electron chi connectivity index (χ4n) is 24.2. The highest BCUT2D eigenvalue weighted by molar-refractivity contribution is 8.01. The lowest BCUT2D eigenvalue weighted by Crippen LogP contribution is -2.59. The molecule has 0 aromatic rings. The molecule has 9 aliphatic carbocycles. The Hall–Kier alpha value is 1.58. The zero-order valence-corrected chi connectivity index (χ0v) is 62.0.